The van der Waals surface area contributed by atoms with E-state index in [1.807, 2.05) is 0 Å². The van der Waals surface area contributed by atoms with E-state index in [-0.39, 0.29) is 19.5 Å². The van der Waals surface area contributed by atoms with Gasteiger partial charge in [0, 0.05) is 37.3 Å². The summed E-state index contributed by atoms with van der Waals surface area (Å²) in [7, 11) is -0.0373. The fourth-order valence-electron chi connectivity index (χ4n) is 3.50. The van der Waals surface area contributed by atoms with E-state index in [1.165, 1.54) is 0 Å². The molecule has 9 heteroatoms. The third-order valence-electron chi connectivity index (χ3n) is 5.21. The molecule has 0 saturated carbocycles. The molecule has 4 rings (SSSR count). The quantitative estimate of drug-likeness (QED) is 0.652. The summed E-state index contributed by atoms with van der Waals surface area (Å²) >= 11 is 0. The summed E-state index contributed by atoms with van der Waals surface area (Å²) in [6.07, 6.45) is 0. The molecule has 0 atom stereocenters. The number of nitrogens with zero attached hydrogens (tertiary/aromatic N) is 2. The SMILES string of the molecule is O=C(c1cccc(OBOc2cccc(C(=O)N3CCOCC3)c2)c1)N1CCOCC1. The summed E-state index contributed by atoms with van der Waals surface area (Å²) < 4.78 is 21.9. The summed E-state index contributed by atoms with van der Waals surface area (Å²) in [5.74, 6) is 1.01. The van der Waals surface area contributed by atoms with E-state index in [9.17, 15) is 9.59 Å². The molecule has 0 aliphatic carbocycles. The van der Waals surface area contributed by atoms with Crippen molar-refractivity contribution in [3.05, 3.63) is 59.7 Å². The van der Waals surface area contributed by atoms with Crippen LogP contribution in [0.5, 0.6) is 11.5 Å². The average molecular weight is 424 g/mol. The van der Waals surface area contributed by atoms with E-state index >= 15 is 0 Å². The summed E-state index contributed by atoms with van der Waals surface area (Å²) in [6, 6.07) is 14.1. The topological polar surface area (TPSA) is 77.5 Å². The molecule has 0 radical (unpaired) electrons. The molecule has 162 valence electrons. The Hall–Kier alpha value is -3.04. The van der Waals surface area contributed by atoms with Gasteiger partial charge in [0.2, 0.25) is 0 Å². The third kappa shape index (κ3) is 5.56. The summed E-state index contributed by atoms with van der Waals surface area (Å²) in [4.78, 5) is 28.8. The molecule has 2 saturated heterocycles. The number of hydrogen-bond acceptors (Lipinski definition) is 6. The predicted octanol–water partition coefficient (Wildman–Crippen LogP) is 1.36. The molecule has 0 N–H and O–H groups in total. The number of morpholine rings is 2. The first kappa shape index (κ1) is 21.2. The molecule has 0 unspecified atom stereocenters. The summed E-state index contributed by atoms with van der Waals surface area (Å²) in [5.41, 5.74) is 1.13. The standard InChI is InChI=1S/C22H25BN2O6/c26-21(24-7-11-28-12-8-24)17-3-1-5-19(15-17)30-23-31-20-6-2-4-18(16-20)22(27)25-9-13-29-14-10-25/h1-6,15-16,23H,7-14H2. The maximum absolute atomic E-state index is 12.6. The number of rotatable bonds is 6. The number of carbonyl (C=O) groups excluding carboxylic acids is 2. The molecule has 2 aromatic rings. The largest absolute Gasteiger partial charge is 0.576 e. The number of amides is 2. The number of hydrogen-bond donors (Lipinski definition) is 0. The van der Waals surface area contributed by atoms with Crippen molar-refractivity contribution in [3.63, 3.8) is 0 Å². The lowest BCUT2D eigenvalue weighted by Crippen LogP contribution is -2.40. The van der Waals surface area contributed by atoms with Gasteiger partial charge in [0.1, 0.15) is 11.5 Å². The zero-order valence-corrected chi connectivity index (χ0v) is 17.3. The smallest absolute Gasteiger partial charge is 0.529 e. The van der Waals surface area contributed by atoms with Crippen LogP contribution in [0.15, 0.2) is 48.5 Å². The van der Waals surface area contributed by atoms with E-state index < -0.39 is 0 Å². The minimum Gasteiger partial charge on any atom is -0.529 e. The van der Waals surface area contributed by atoms with E-state index in [4.69, 9.17) is 18.8 Å². The number of benzene rings is 2. The highest BCUT2D eigenvalue weighted by Crippen LogP contribution is 2.18. The van der Waals surface area contributed by atoms with Crippen molar-refractivity contribution in [2.45, 2.75) is 0 Å². The Morgan fingerprint density at radius 2 is 1.13 bits per heavy atom. The fourth-order valence-corrected chi connectivity index (χ4v) is 3.50. The Morgan fingerprint density at radius 3 is 1.55 bits per heavy atom. The summed E-state index contributed by atoms with van der Waals surface area (Å²) in [5, 5.41) is 0. The second kappa shape index (κ2) is 10.3. The van der Waals surface area contributed by atoms with Crippen molar-refractivity contribution in [1.29, 1.82) is 0 Å². The van der Waals surface area contributed by atoms with Crippen molar-refractivity contribution < 1.29 is 28.4 Å². The maximum Gasteiger partial charge on any atom is 0.576 e. The van der Waals surface area contributed by atoms with Crippen molar-refractivity contribution in [2.75, 3.05) is 52.6 Å². The van der Waals surface area contributed by atoms with Gasteiger partial charge in [-0.2, -0.15) is 0 Å². The highest BCUT2D eigenvalue weighted by molar-refractivity contribution is 6.20. The Labute approximate surface area is 181 Å². The number of carbonyl (C=O) groups is 2. The molecule has 2 aromatic carbocycles. The molecule has 0 bridgehead atoms. The van der Waals surface area contributed by atoms with Crippen LogP contribution in [0.25, 0.3) is 0 Å². The molecular weight excluding hydrogens is 399 g/mol. The number of ether oxygens (including phenoxy) is 2. The van der Waals surface area contributed by atoms with Gasteiger partial charge in [0.15, 0.2) is 0 Å². The van der Waals surface area contributed by atoms with Crippen LogP contribution in [-0.4, -0.2) is 81.9 Å². The Balaban J connectivity index is 1.32. The van der Waals surface area contributed by atoms with Crippen LogP contribution < -0.4 is 9.31 Å². The highest BCUT2D eigenvalue weighted by Gasteiger charge is 2.20. The van der Waals surface area contributed by atoms with Gasteiger partial charge in [-0.05, 0) is 36.4 Å². The van der Waals surface area contributed by atoms with Crippen molar-refractivity contribution in [2.24, 2.45) is 0 Å². The van der Waals surface area contributed by atoms with Crippen LogP contribution in [0.4, 0.5) is 0 Å². The highest BCUT2D eigenvalue weighted by atomic mass is 16.6. The van der Waals surface area contributed by atoms with Gasteiger partial charge >= 0.3 is 7.69 Å². The van der Waals surface area contributed by atoms with Crippen LogP contribution in [0.3, 0.4) is 0 Å². The van der Waals surface area contributed by atoms with Gasteiger partial charge in [0.05, 0.1) is 26.4 Å². The average Bonchev–Trinajstić information content (AvgIpc) is 2.84. The monoisotopic (exact) mass is 424 g/mol. The molecule has 2 aliphatic rings. The second-order valence-electron chi connectivity index (χ2n) is 7.27. The van der Waals surface area contributed by atoms with Crippen molar-refractivity contribution in [3.8, 4) is 11.5 Å². The lowest BCUT2D eigenvalue weighted by atomic mass is 10.1. The van der Waals surface area contributed by atoms with Crippen LogP contribution >= 0.6 is 0 Å². The van der Waals surface area contributed by atoms with Crippen LogP contribution in [0.2, 0.25) is 0 Å². The first-order valence-corrected chi connectivity index (χ1v) is 10.4. The van der Waals surface area contributed by atoms with E-state index in [2.05, 4.69) is 0 Å². The van der Waals surface area contributed by atoms with Crippen molar-refractivity contribution in [1.82, 2.24) is 9.80 Å². The van der Waals surface area contributed by atoms with Gasteiger partial charge < -0.3 is 28.6 Å². The Bertz CT molecular complexity index is 839. The molecular formula is C22H25BN2O6. The molecule has 31 heavy (non-hydrogen) atoms. The lowest BCUT2D eigenvalue weighted by molar-refractivity contribution is 0.0301. The van der Waals surface area contributed by atoms with E-state index in [0.717, 1.165) is 0 Å². The Kier molecular flexibility index (Phi) is 7.06. The molecule has 2 amide bonds. The maximum atomic E-state index is 12.6. The van der Waals surface area contributed by atoms with Gasteiger partial charge in [0.25, 0.3) is 11.8 Å². The van der Waals surface area contributed by atoms with Gasteiger partial charge in [-0.25, -0.2) is 0 Å². The summed E-state index contributed by atoms with van der Waals surface area (Å²) in [6.45, 7) is 4.59. The zero-order chi connectivity index (χ0) is 21.5. The molecule has 8 nitrogen and oxygen atoms in total. The van der Waals surface area contributed by atoms with E-state index in [1.54, 1.807) is 58.3 Å². The zero-order valence-electron chi connectivity index (χ0n) is 17.3. The van der Waals surface area contributed by atoms with Gasteiger partial charge in [-0.15, -0.1) is 0 Å². The van der Waals surface area contributed by atoms with E-state index in [0.29, 0.717) is 75.2 Å². The van der Waals surface area contributed by atoms with Crippen LogP contribution in [-0.2, 0) is 9.47 Å². The fraction of sp³-hybridized carbons (Fsp3) is 0.364. The second-order valence-corrected chi connectivity index (χ2v) is 7.27. The van der Waals surface area contributed by atoms with Gasteiger partial charge in [-0.3, -0.25) is 9.59 Å². The molecule has 0 spiro atoms. The van der Waals surface area contributed by atoms with Gasteiger partial charge in [-0.1, -0.05) is 12.1 Å². The third-order valence-corrected chi connectivity index (χ3v) is 5.21. The first-order valence-electron chi connectivity index (χ1n) is 10.4. The van der Waals surface area contributed by atoms with Crippen molar-refractivity contribution >= 4 is 19.5 Å². The molecule has 0 aromatic heterocycles. The minimum atomic E-state index is -0.0380. The normalized spacial score (nSPS) is 16.5. The first-order chi connectivity index (χ1) is 15.2. The Morgan fingerprint density at radius 1 is 0.710 bits per heavy atom. The predicted molar refractivity (Wildman–Crippen MR) is 115 cm³/mol. The van der Waals surface area contributed by atoms with Crippen LogP contribution in [0.1, 0.15) is 20.7 Å². The molecule has 2 aliphatic heterocycles. The van der Waals surface area contributed by atoms with Crippen LogP contribution in [0, 0.1) is 0 Å². The molecule has 2 fully saturated rings. The minimum absolute atomic E-state index is 0.0373. The lowest BCUT2D eigenvalue weighted by Gasteiger charge is -2.27. The molecule has 2 heterocycles.